The Morgan fingerprint density at radius 2 is 2.45 bits per heavy atom. The molecule has 0 aromatic heterocycles. The van der Waals surface area contributed by atoms with E-state index in [0.29, 0.717) is 6.42 Å². The first-order valence-corrected chi connectivity index (χ1v) is 3.85. The minimum Gasteiger partial charge on any atom is -0.394 e. The van der Waals surface area contributed by atoms with Gasteiger partial charge in [0, 0.05) is 0 Å². The van der Waals surface area contributed by atoms with Crippen molar-refractivity contribution < 1.29 is 9.90 Å². The molecule has 0 fully saturated rings. The van der Waals surface area contributed by atoms with Gasteiger partial charge in [-0.1, -0.05) is 6.08 Å². The molecule has 0 aromatic carbocycles. The van der Waals surface area contributed by atoms with Gasteiger partial charge in [-0.2, -0.15) is 0 Å². The van der Waals surface area contributed by atoms with Crippen LogP contribution >= 0.6 is 11.6 Å². The predicted octanol–water partition coefficient (Wildman–Crippen LogP) is 0.278. The van der Waals surface area contributed by atoms with Crippen molar-refractivity contribution in [2.45, 2.75) is 12.5 Å². The summed E-state index contributed by atoms with van der Waals surface area (Å²) in [5.41, 5.74) is 0. The van der Waals surface area contributed by atoms with E-state index in [-0.39, 0.29) is 24.4 Å². The van der Waals surface area contributed by atoms with E-state index < -0.39 is 0 Å². The van der Waals surface area contributed by atoms with E-state index in [0.717, 1.165) is 0 Å². The van der Waals surface area contributed by atoms with E-state index in [2.05, 4.69) is 11.9 Å². The Kier molecular flexibility index (Phi) is 5.88. The molecule has 4 heteroatoms. The topological polar surface area (TPSA) is 49.3 Å². The summed E-state index contributed by atoms with van der Waals surface area (Å²) in [6.45, 7) is 3.40. The van der Waals surface area contributed by atoms with Crippen molar-refractivity contribution in [2.24, 2.45) is 0 Å². The van der Waals surface area contributed by atoms with Crippen LogP contribution in [0.2, 0.25) is 0 Å². The second-order valence-electron chi connectivity index (χ2n) is 2.11. The Labute approximate surface area is 71.0 Å². The molecule has 0 aliphatic rings. The lowest BCUT2D eigenvalue weighted by molar-refractivity contribution is -0.119. The van der Waals surface area contributed by atoms with Gasteiger partial charge in [-0.3, -0.25) is 4.79 Å². The highest BCUT2D eigenvalue weighted by Gasteiger charge is 2.07. The molecule has 0 aliphatic carbocycles. The van der Waals surface area contributed by atoms with Gasteiger partial charge in [0.25, 0.3) is 0 Å². The van der Waals surface area contributed by atoms with Crippen molar-refractivity contribution in [2.75, 3.05) is 12.5 Å². The first-order valence-electron chi connectivity index (χ1n) is 3.31. The summed E-state index contributed by atoms with van der Waals surface area (Å²) in [7, 11) is 0. The van der Waals surface area contributed by atoms with Crippen LogP contribution in [0.15, 0.2) is 12.7 Å². The minimum atomic E-state index is -0.271. The second-order valence-corrected chi connectivity index (χ2v) is 2.37. The normalized spacial score (nSPS) is 12.2. The lowest BCUT2D eigenvalue weighted by atomic mass is 10.2. The van der Waals surface area contributed by atoms with Gasteiger partial charge in [-0.15, -0.1) is 18.2 Å². The highest BCUT2D eigenvalue weighted by Crippen LogP contribution is 1.91. The summed E-state index contributed by atoms with van der Waals surface area (Å²) < 4.78 is 0. The van der Waals surface area contributed by atoms with E-state index in [4.69, 9.17) is 16.7 Å². The highest BCUT2D eigenvalue weighted by molar-refractivity contribution is 6.27. The molecule has 11 heavy (non-hydrogen) atoms. The molecular formula is C7H12ClNO2. The largest absolute Gasteiger partial charge is 0.394 e. The number of hydrogen-bond donors (Lipinski definition) is 2. The van der Waals surface area contributed by atoms with Crippen LogP contribution in [0, 0.1) is 0 Å². The van der Waals surface area contributed by atoms with Gasteiger partial charge >= 0.3 is 0 Å². The fourth-order valence-corrected chi connectivity index (χ4v) is 0.724. The maximum atomic E-state index is 10.7. The molecule has 0 unspecified atom stereocenters. The van der Waals surface area contributed by atoms with E-state index in [1.54, 1.807) is 6.08 Å². The third kappa shape index (κ3) is 4.81. The smallest absolute Gasteiger partial charge is 0.235 e. The molecule has 0 heterocycles. The van der Waals surface area contributed by atoms with Crippen LogP contribution in [-0.2, 0) is 4.79 Å². The first kappa shape index (κ1) is 10.5. The standard InChI is InChI=1S/C7H12ClNO2/c1-2-3-6(5-10)9-7(11)4-8/h2,6,10H,1,3-5H2,(H,9,11)/t6-/m1/s1. The van der Waals surface area contributed by atoms with Crippen molar-refractivity contribution in [1.82, 2.24) is 5.32 Å². The Morgan fingerprint density at radius 1 is 1.82 bits per heavy atom. The third-order valence-corrected chi connectivity index (χ3v) is 1.40. The molecule has 0 saturated carbocycles. The molecule has 3 nitrogen and oxygen atoms in total. The summed E-state index contributed by atoms with van der Waals surface area (Å²) in [6.07, 6.45) is 2.19. The lowest BCUT2D eigenvalue weighted by Crippen LogP contribution is -2.37. The number of hydrogen-bond acceptors (Lipinski definition) is 2. The number of aliphatic hydroxyl groups is 1. The fraction of sp³-hybridized carbons (Fsp3) is 0.571. The Hall–Kier alpha value is -0.540. The van der Waals surface area contributed by atoms with Crippen molar-refractivity contribution in [3.05, 3.63) is 12.7 Å². The molecule has 2 N–H and O–H groups in total. The van der Waals surface area contributed by atoms with Crippen molar-refractivity contribution in [1.29, 1.82) is 0 Å². The molecule has 0 aliphatic heterocycles. The van der Waals surface area contributed by atoms with Crippen molar-refractivity contribution >= 4 is 17.5 Å². The lowest BCUT2D eigenvalue weighted by Gasteiger charge is -2.12. The number of aliphatic hydroxyl groups excluding tert-OH is 1. The predicted molar refractivity (Wildman–Crippen MR) is 44.6 cm³/mol. The molecule has 0 saturated heterocycles. The molecule has 0 spiro atoms. The number of amides is 1. The SMILES string of the molecule is C=CC[C@H](CO)NC(=O)CCl. The molecule has 0 radical (unpaired) electrons. The van der Waals surface area contributed by atoms with Gasteiger partial charge in [0.1, 0.15) is 5.88 Å². The van der Waals surface area contributed by atoms with Gasteiger partial charge in [0.05, 0.1) is 12.6 Å². The molecule has 0 bridgehead atoms. The number of halogens is 1. The summed E-state index contributed by atoms with van der Waals surface area (Å²) in [4.78, 5) is 10.7. The van der Waals surface area contributed by atoms with E-state index in [1.165, 1.54) is 0 Å². The van der Waals surface area contributed by atoms with Crippen LogP contribution in [0.4, 0.5) is 0 Å². The van der Waals surface area contributed by atoms with Gasteiger partial charge in [-0.25, -0.2) is 0 Å². The zero-order chi connectivity index (χ0) is 8.69. The third-order valence-electron chi connectivity index (χ3n) is 1.16. The summed E-state index contributed by atoms with van der Waals surface area (Å²) >= 11 is 5.23. The molecule has 1 atom stereocenters. The van der Waals surface area contributed by atoms with E-state index >= 15 is 0 Å². The summed E-state index contributed by atoms with van der Waals surface area (Å²) in [5, 5.41) is 11.2. The quantitative estimate of drug-likeness (QED) is 0.468. The number of nitrogens with one attached hydrogen (secondary N) is 1. The van der Waals surface area contributed by atoms with Crippen molar-refractivity contribution in [3.8, 4) is 0 Å². The van der Waals surface area contributed by atoms with Gasteiger partial charge in [0.2, 0.25) is 5.91 Å². The number of alkyl halides is 1. The number of rotatable bonds is 5. The fourth-order valence-electron chi connectivity index (χ4n) is 0.647. The van der Waals surface area contributed by atoms with E-state index in [1.807, 2.05) is 0 Å². The number of carbonyl (C=O) groups is 1. The highest BCUT2D eigenvalue weighted by atomic mass is 35.5. The zero-order valence-electron chi connectivity index (χ0n) is 6.22. The van der Waals surface area contributed by atoms with Crippen LogP contribution in [0.1, 0.15) is 6.42 Å². The monoisotopic (exact) mass is 177 g/mol. The average Bonchev–Trinajstić information content (AvgIpc) is 2.03. The molecule has 64 valence electrons. The van der Waals surface area contributed by atoms with Crippen LogP contribution in [0.25, 0.3) is 0 Å². The molecule has 1 amide bonds. The molecule has 0 rings (SSSR count). The van der Waals surface area contributed by atoms with Crippen molar-refractivity contribution in [3.63, 3.8) is 0 Å². The Bertz CT molecular complexity index is 138. The Balaban J connectivity index is 3.67. The molecular weight excluding hydrogens is 166 g/mol. The second kappa shape index (κ2) is 6.19. The van der Waals surface area contributed by atoms with E-state index in [9.17, 15) is 4.79 Å². The van der Waals surface area contributed by atoms with Gasteiger partial charge < -0.3 is 10.4 Å². The van der Waals surface area contributed by atoms with Gasteiger partial charge in [-0.05, 0) is 6.42 Å². The van der Waals surface area contributed by atoms with Crippen LogP contribution in [-0.4, -0.2) is 29.5 Å². The average molecular weight is 178 g/mol. The molecule has 0 aromatic rings. The number of carbonyl (C=O) groups excluding carboxylic acids is 1. The zero-order valence-corrected chi connectivity index (χ0v) is 6.97. The maximum absolute atomic E-state index is 10.7. The maximum Gasteiger partial charge on any atom is 0.235 e. The Morgan fingerprint density at radius 3 is 2.82 bits per heavy atom. The minimum absolute atomic E-state index is 0.0758. The summed E-state index contributed by atoms with van der Waals surface area (Å²) in [6, 6.07) is -0.251. The van der Waals surface area contributed by atoms with Crippen LogP contribution in [0.5, 0.6) is 0 Å². The van der Waals surface area contributed by atoms with Gasteiger partial charge in [0.15, 0.2) is 0 Å². The van der Waals surface area contributed by atoms with Crippen LogP contribution < -0.4 is 5.32 Å². The van der Waals surface area contributed by atoms with Crippen LogP contribution in [0.3, 0.4) is 0 Å². The first-order chi connectivity index (χ1) is 5.24. The summed E-state index contributed by atoms with van der Waals surface area (Å²) in [5.74, 6) is -0.347.